The summed E-state index contributed by atoms with van der Waals surface area (Å²) in [5.41, 5.74) is 1.90. The van der Waals surface area contributed by atoms with Crippen molar-refractivity contribution in [2.24, 2.45) is 0 Å². The van der Waals surface area contributed by atoms with E-state index in [9.17, 15) is 9.90 Å². The van der Waals surface area contributed by atoms with Crippen molar-refractivity contribution >= 4 is 28.3 Å². The Bertz CT molecular complexity index is 1040. The van der Waals surface area contributed by atoms with Gasteiger partial charge >= 0.3 is 0 Å². The molecule has 5 nitrogen and oxygen atoms in total. The van der Waals surface area contributed by atoms with Gasteiger partial charge in [0.05, 0.1) is 6.42 Å². The summed E-state index contributed by atoms with van der Waals surface area (Å²) >= 11 is 5.85. The molecule has 0 saturated carbocycles. The van der Waals surface area contributed by atoms with Gasteiger partial charge in [0.25, 0.3) is 0 Å². The number of amides is 1. The molecule has 0 bridgehead atoms. The molecule has 0 unspecified atom stereocenters. The lowest BCUT2D eigenvalue weighted by Crippen LogP contribution is -2.24. The maximum atomic E-state index is 12.2. The number of hydrogen-bond acceptors (Lipinski definition) is 4. The van der Waals surface area contributed by atoms with Crippen LogP contribution in [-0.2, 0) is 17.8 Å². The maximum Gasteiger partial charge on any atom is 0.224 e. The lowest BCUT2D eigenvalue weighted by atomic mass is 10.0. The van der Waals surface area contributed by atoms with E-state index >= 15 is 0 Å². The van der Waals surface area contributed by atoms with Crippen molar-refractivity contribution < 1.29 is 15.0 Å². The van der Waals surface area contributed by atoms with Crippen molar-refractivity contribution in [3.05, 3.63) is 70.5 Å². The number of benzene rings is 2. The predicted octanol–water partition coefficient (Wildman–Crippen LogP) is 2.80. The first-order valence-corrected chi connectivity index (χ1v) is 8.66. The van der Waals surface area contributed by atoms with Crippen LogP contribution in [-0.4, -0.2) is 27.7 Å². The zero-order chi connectivity index (χ0) is 19.2. The van der Waals surface area contributed by atoms with Gasteiger partial charge in [-0.1, -0.05) is 41.8 Å². The highest BCUT2D eigenvalue weighted by Crippen LogP contribution is 2.29. The van der Waals surface area contributed by atoms with Crippen LogP contribution in [0.4, 0.5) is 0 Å². The number of phenolic OH excluding ortho intramolecular Hbond substituents is 1. The van der Waals surface area contributed by atoms with Crippen molar-refractivity contribution in [1.82, 2.24) is 10.3 Å². The molecular weight excluding hydrogens is 364 g/mol. The quantitative estimate of drug-likeness (QED) is 0.608. The molecule has 6 heteroatoms. The van der Waals surface area contributed by atoms with Gasteiger partial charge in [-0.15, -0.1) is 0 Å². The smallest absolute Gasteiger partial charge is 0.224 e. The summed E-state index contributed by atoms with van der Waals surface area (Å²) in [6, 6.07) is 12.4. The third-order valence-corrected chi connectivity index (χ3v) is 4.26. The zero-order valence-electron chi connectivity index (χ0n) is 14.4. The van der Waals surface area contributed by atoms with Crippen molar-refractivity contribution in [1.29, 1.82) is 0 Å². The molecule has 2 aromatic carbocycles. The SMILES string of the molecule is O=C(Cc1ccc2cnc(C#CCO)cc2c1O)NCc1ccc(Cl)cc1. The second-order valence-electron chi connectivity index (χ2n) is 5.90. The van der Waals surface area contributed by atoms with Gasteiger partial charge in [0.2, 0.25) is 5.91 Å². The fourth-order valence-electron chi connectivity index (χ4n) is 2.63. The van der Waals surface area contributed by atoms with Crippen LogP contribution in [0.5, 0.6) is 5.75 Å². The number of aliphatic hydroxyl groups is 1. The number of aromatic hydroxyl groups is 1. The summed E-state index contributed by atoms with van der Waals surface area (Å²) in [4.78, 5) is 16.4. The first kappa shape index (κ1) is 18.7. The Morgan fingerprint density at radius 2 is 1.96 bits per heavy atom. The summed E-state index contributed by atoms with van der Waals surface area (Å²) in [5.74, 6) is 5.06. The number of nitrogens with one attached hydrogen (secondary N) is 1. The average Bonchev–Trinajstić information content (AvgIpc) is 2.68. The molecule has 136 valence electrons. The molecule has 0 fully saturated rings. The number of pyridine rings is 1. The normalized spacial score (nSPS) is 10.3. The highest BCUT2D eigenvalue weighted by Gasteiger charge is 2.11. The van der Waals surface area contributed by atoms with E-state index in [1.54, 1.807) is 36.5 Å². The van der Waals surface area contributed by atoms with Crippen LogP contribution in [0, 0.1) is 11.8 Å². The van der Waals surface area contributed by atoms with Gasteiger partial charge in [-0.3, -0.25) is 4.79 Å². The Kier molecular flexibility index (Phi) is 5.92. The minimum absolute atomic E-state index is 0.0311. The highest BCUT2D eigenvalue weighted by atomic mass is 35.5. The van der Waals surface area contributed by atoms with E-state index in [0.29, 0.717) is 28.2 Å². The van der Waals surface area contributed by atoms with Crippen molar-refractivity contribution in [3.8, 4) is 17.6 Å². The molecule has 0 spiro atoms. The third-order valence-electron chi connectivity index (χ3n) is 4.01. The number of fused-ring (bicyclic) bond motifs is 1. The number of aliphatic hydroxyl groups excluding tert-OH is 1. The second-order valence-corrected chi connectivity index (χ2v) is 6.34. The Morgan fingerprint density at radius 1 is 1.19 bits per heavy atom. The number of carbonyl (C=O) groups excluding carboxylic acids is 1. The molecule has 1 amide bonds. The second kappa shape index (κ2) is 8.54. The average molecular weight is 381 g/mol. The van der Waals surface area contributed by atoms with Gasteiger partial charge < -0.3 is 15.5 Å². The summed E-state index contributed by atoms with van der Waals surface area (Å²) in [5, 5.41) is 24.1. The zero-order valence-corrected chi connectivity index (χ0v) is 15.1. The van der Waals surface area contributed by atoms with Gasteiger partial charge in [-0.2, -0.15) is 0 Å². The van der Waals surface area contributed by atoms with Gasteiger partial charge in [0.1, 0.15) is 18.1 Å². The van der Waals surface area contributed by atoms with E-state index in [0.717, 1.165) is 10.9 Å². The molecule has 0 aliphatic rings. The molecule has 0 atom stereocenters. The number of rotatable bonds is 4. The first-order valence-electron chi connectivity index (χ1n) is 8.28. The predicted molar refractivity (Wildman–Crippen MR) is 104 cm³/mol. The molecular formula is C21H17ClN2O3. The van der Waals surface area contributed by atoms with Crippen molar-refractivity contribution in [3.63, 3.8) is 0 Å². The minimum Gasteiger partial charge on any atom is -0.507 e. The number of hydrogen-bond donors (Lipinski definition) is 3. The number of carbonyl (C=O) groups is 1. The number of halogens is 1. The molecule has 3 aromatic rings. The van der Waals surface area contributed by atoms with E-state index in [1.807, 2.05) is 12.1 Å². The Balaban J connectivity index is 1.74. The van der Waals surface area contributed by atoms with E-state index in [2.05, 4.69) is 22.1 Å². The van der Waals surface area contributed by atoms with Gasteiger partial charge in [0, 0.05) is 34.1 Å². The minimum atomic E-state index is -0.264. The van der Waals surface area contributed by atoms with Gasteiger partial charge in [0.15, 0.2) is 0 Å². The fraction of sp³-hybridized carbons (Fsp3) is 0.143. The van der Waals surface area contributed by atoms with Crippen molar-refractivity contribution in [2.45, 2.75) is 13.0 Å². The summed E-state index contributed by atoms with van der Waals surface area (Å²) in [6.45, 7) is 0.120. The molecule has 1 aromatic heterocycles. The number of nitrogens with zero attached hydrogens (tertiary/aromatic N) is 1. The fourth-order valence-corrected chi connectivity index (χ4v) is 2.75. The molecule has 1 heterocycles. The lowest BCUT2D eigenvalue weighted by molar-refractivity contribution is -0.120. The highest BCUT2D eigenvalue weighted by molar-refractivity contribution is 6.30. The number of aromatic nitrogens is 1. The van der Waals surface area contributed by atoms with Crippen LogP contribution in [0.3, 0.4) is 0 Å². The van der Waals surface area contributed by atoms with E-state index in [4.69, 9.17) is 16.7 Å². The van der Waals surface area contributed by atoms with Crippen LogP contribution in [0.25, 0.3) is 10.8 Å². The van der Waals surface area contributed by atoms with E-state index in [1.165, 1.54) is 0 Å². The van der Waals surface area contributed by atoms with E-state index in [-0.39, 0.29) is 24.7 Å². The van der Waals surface area contributed by atoms with Crippen LogP contribution in [0.15, 0.2) is 48.7 Å². The van der Waals surface area contributed by atoms with Crippen LogP contribution >= 0.6 is 11.6 Å². The molecule has 0 aliphatic carbocycles. The lowest BCUT2D eigenvalue weighted by Gasteiger charge is -2.09. The molecule has 3 rings (SSSR count). The molecule has 0 saturated heterocycles. The van der Waals surface area contributed by atoms with Gasteiger partial charge in [-0.05, 0) is 29.7 Å². The Labute approximate surface area is 161 Å². The third kappa shape index (κ3) is 4.76. The topological polar surface area (TPSA) is 82.5 Å². The summed E-state index contributed by atoms with van der Waals surface area (Å²) in [6.07, 6.45) is 1.65. The standard InChI is InChI=1S/C21H17ClN2O3/c22-17-7-3-14(4-8-17)12-24-20(26)10-15-5-6-16-13-23-18(2-1-9-25)11-19(16)21(15)27/h3-8,11,13,25,27H,9-10,12H2,(H,24,26). The van der Waals surface area contributed by atoms with E-state index < -0.39 is 0 Å². The summed E-state index contributed by atoms with van der Waals surface area (Å²) in [7, 11) is 0. The monoisotopic (exact) mass is 380 g/mol. The molecule has 0 radical (unpaired) electrons. The Morgan fingerprint density at radius 3 is 2.70 bits per heavy atom. The maximum absolute atomic E-state index is 12.2. The first-order chi connectivity index (χ1) is 13.1. The van der Waals surface area contributed by atoms with Crippen LogP contribution in [0.2, 0.25) is 5.02 Å². The molecule has 3 N–H and O–H groups in total. The summed E-state index contributed by atoms with van der Waals surface area (Å²) < 4.78 is 0. The van der Waals surface area contributed by atoms with Crippen LogP contribution < -0.4 is 5.32 Å². The molecule has 27 heavy (non-hydrogen) atoms. The Hall–Kier alpha value is -3.07. The molecule has 0 aliphatic heterocycles. The largest absolute Gasteiger partial charge is 0.507 e. The van der Waals surface area contributed by atoms with Crippen molar-refractivity contribution in [2.75, 3.05) is 6.61 Å². The van der Waals surface area contributed by atoms with Gasteiger partial charge in [-0.25, -0.2) is 4.98 Å². The van der Waals surface area contributed by atoms with Crippen LogP contribution in [0.1, 0.15) is 16.8 Å². The number of phenols is 1.